The number of likely N-dealkylation sites (tertiary alicyclic amines) is 1. The number of piperidine rings is 1. The summed E-state index contributed by atoms with van der Waals surface area (Å²) in [6.45, 7) is 13.8. The average molecular weight is 455 g/mol. The molecule has 1 spiro atoms. The molecule has 33 heavy (non-hydrogen) atoms. The molecule has 1 saturated carbocycles. The highest BCUT2D eigenvalue weighted by Gasteiger charge is 2.56. The Hall–Kier alpha value is -2.28. The predicted octanol–water partition coefficient (Wildman–Crippen LogP) is 3.83. The average Bonchev–Trinajstić information content (AvgIpc) is 3.51. The summed E-state index contributed by atoms with van der Waals surface area (Å²) in [5, 5.41) is 3.06. The molecule has 5 rings (SSSR count). The summed E-state index contributed by atoms with van der Waals surface area (Å²) in [5.41, 5.74) is 2.79. The van der Waals surface area contributed by atoms with Gasteiger partial charge in [0.25, 0.3) is 0 Å². The number of hydrogen-bond donors (Lipinski definition) is 1. The molecule has 0 aromatic heterocycles. The molecule has 0 bridgehead atoms. The molecular weight excluding hydrogens is 416 g/mol. The third kappa shape index (κ3) is 4.44. The highest BCUT2D eigenvalue weighted by molar-refractivity contribution is 6.08. The van der Waals surface area contributed by atoms with Gasteiger partial charge < -0.3 is 19.9 Å². The molecule has 2 amide bonds. The number of fused-ring (bicyclic) bond motifs is 2. The van der Waals surface area contributed by atoms with E-state index in [-0.39, 0.29) is 17.4 Å². The summed E-state index contributed by atoms with van der Waals surface area (Å²) in [7, 11) is 0. The molecule has 1 atom stereocenters. The van der Waals surface area contributed by atoms with Gasteiger partial charge in [-0.3, -0.25) is 9.69 Å². The van der Waals surface area contributed by atoms with Gasteiger partial charge >= 0.3 is 6.09 Å². The second-order valence-electron chi connectivity index (χ2n) is 11.5. The second-order valence-corrected chi connectivity index (χ2v) is 11.5. The van der Waals surface area contributed by atoms with E-state index in [1.54, 1.807) is 0 Å². The molecule has 0 unspecified atom stereocenters. The van der Waals surface area contributed by atoms with Crippen LogP contribution < -0.4 is 10.2 Å². The van der Waals surface area contributed by atoms with E-state index < -0.39 is 5.60 Å². The lowest BCUT2D eigenvalue weighted by molar-refractivity contribution is -0.117. The third-order valence-electron chi connectivity index (χ3n) is 7.84. The van der Waals surface area contributed by atoms with Crippen LogP contribution in [0.15, 0.2) is 18.2 Å². The van der Waals surface area contributed by atoms with Gasteiger partial charge in [0.2, 0.25) is 5.91 Å². The number of benzene rings is 1. The van der Waals surface area contributed by atoms with Gasteiger partial charge in [-0.05, 0) is 83.1 Å². The van der Waals surface area contributed by atoms with Gasteiger partial charge in [-0.25, -0.2) is 4.79 Å². The number of rotatable bonds is 3. The lowest BCUT2D eigenvalue weighted by atomic mass is 9.95. The van der Waals surface area contributed by atoms with Gasteiger partial charge in [-0.2, -0.15) is 0 Å². The van der Waals surface area contributed by atoms with Crippen molar-refractivity contribution in [1.29, 1.82) is 0 Å². The molecule has 0 radical (unpaired) electrons. The number of hydrogen-bond acceptors (Lipinski definition) is 5. The third-order valence-corrected chi connectivity index (χ3v) is 7.84. The molecule has 7 nitrogen and oxygen atoms in total. The molecule has 1 aliphatic carbocycles. The van der Waals surface area contributed by atoms with E-state index in [2.05, 4.69) is 40.2 Å². The van der Waals surface area contributed by atoms with Crippen LogP contribution in [0.2, 0.25) is 0 Å². The summed E-state index contributed by atoms with van der Waals surface area (Å²) in [4.78, 5) is 31.6. The fraction of sp³-hybridized carbons (Fsp3) is 0.692. The van der Waals surface area contributed by atoms with Crippen LogP contribution in [-0.4, -0.2) is 72.7 Å². The van der Waals surface area contributed by atoms with E-state index in [4.69, 9.17) is 4.74 Å². The maximum atomic E-state index is 12.3. The van der Waals surface area contributed by atoms with E-state index in [0.717, 1.165) is 70.6 Å². The Bertz CT molecular complexity index is 928. The van der Waals surface area contributed by atoms with E-state index in [1.807, 2.05) is 25.7 Å². The van der Waals surface area contributed by atoms with Gasteiger partial charge in [0.05, 0.1) is 5.41 Å². The molecule has 4 aliphatic rings. The van der Waals surface area contributed by atoms with Gasteiger partial charge in [-0.1, -0.05) is 0 Å². The number of nitrogens with zero attached hydrogens (tertiary/aromatic N) is 3. The molecule has 3 fully saturated rings. The zero-order valence-electron chi connectivity index (χ0n) is 20.5. The Morgan fingerprint density at radius 3 is 2.52 bits per heavy atom. The van der Waals surface area contributed by atoms with E-state index in [1.165, 1.54) is 11.3 Å². The Labute approximate surface area is 197 Å². The maximum Gasteiger partial charge on any atom is 0.410 e. The first-order valence-electron chi connectivity index (χ1n) is 12.6. The van der Waals surface area contributed by atoms with Crippen LogP contribution in [0.1, 0.15) is 58.9 Å². The minimum absolute atomic E-state index is 0.179. The zero-order chi connectivity index (χ0) is 23.4. The number of carbonyl (C=O) groups excluding carboxylic acids is 2. The molecule has 1 aromatic rings. The molecule has 3 aliphatic heterocycles. The predicted molar refractivity (Wildman–Crippen MR) is 130 cm³/mol. The molecule has 7 heteroatoms. The summed E-state index contributed by atoms with van der Waals surface area (Å²) >= 11 is 0. The van der Waals surface area contributed by atoms with Crippen molar-refractivity contribution in [2.75, 3.05) is 49.5 Å². The van der Waals surface area contributed by atoms with Crippen LogP contribution in [0.3, 0.4) is 0 Å². The summed E-state index contributed by atoms with van der Waals surface area (Å²) < 4.78 is 5.53. The van der Waals surface area contributed by atoms with Crippen molar-refractivity contribution in [3.8, 4) is 0 Å². The van der Waals surface area contributed by atoms with E-state index in [0.29, 0.717) is 12.0 Å². The quantitative estimate of drug-likeness (QED) is 0.752. The van der Waals surface area contributed by atoms with E-state index in [9.17, 15) is 9.59 Å². The fourth-order valence-corrected chi connectivity index (χ4v) is 5.68. The van der Waals surface area contributed by atoms with Gasteiger partial charge in [-0.15, -0.1) is 0 Å². The summed E-state index contributed by atoms with van der Waals surface area (Å²) in [6, 6.07) is 6.99. The van der Waals surface area contributed by atoms with Crippen molar-refractivity contribution in [3.05, 3.63) is 23.8 Å². The van der Waals surface area contributed by atoms with Gasteiger partial charge in [0.1, 0.15) is 5.60 Å². The molecular formula is C26H38N4O3. The van der Waals surface area contributed by atoms with Crippen molar-refractivity contribution in [1.82, 2.24) is 9.80 Å². The summed E-state index contributed by atoms with van der Waals surface area (Å²) in [6.07, 6.45) is 3.86. The SMILES string of the molecule is C[C@@H]1CN(c2ccc3c(c2)C2(CC2)C(=O)N3)CCN1CC1CCN(C(=O)OC(C)(C)C)CC1. The minimum Gasteiger partial charge on any atom is -0.444 e. The van der Waals surface area contributed by atoms with Crippen LogP contribution in [0.4, 0.5) is 16.2 Å². The highest BCUT2D eigenvalue weighted by Crippen LogP contribution is 2.55. The Morgan fingerprint density at radius 2 is 1.88 bits per heavy atom. The molecule has 1 aromatic carbocycles. The van der Waals surface area contributed by atoms with Crippen molar-refractivity contribution < 1.29 is 14.3 Å². The van der Waals surface area contributed by atoms with Crippen molar-refractivity contribution in [3.63, 3.8) is 0 Å². The van der Waals surface area contributed by atoms with Crippen LogP contribution in [0.5, 0.6) is 0 Å². The van der Waals surface area contributed by atoms with Crippen molar-refractivity contribution in [2.45, 2.75) is 70.4 Å². The van der Waals surface area contributed by atoms with Crippen LogP contribution >= 0.6 is 0 Å². The topological polar surface area (TPSA) is 65.1 Å². The van der Waals surface area contributed by atoms with Gasteiger partial charge in [0.15, 0.2) is 0 Å². The normalized spacial score (nSPS) is 25.2. The lowest BCUT2D eigenvalue weighted by Crippen LogP contribution is -2.54. The molecule has 2 saturated heterocycles. The van der Waals surface area contributed by atoms with Crippen LogP contribution in [0, 0.1) is 5.92 Å². The number of carbonyl (C=O) groups is 2. The Morgan fingerprint density at radius 1 is 1.15 bits per heavy atom. The molecule has 180 valence electrons. The number of amides is 2. The lowest BCUT2D eigenvalue weighted by Gasteiger charge is -2.43. The second kappa shape index (κ2) is 8.19. The number of anilines is 2. The first kappa shape index (κ1) is 22.5. The largest absolute Gasteiger partial charge is 0.444 e. The number of nitrogens with one attached hydrogen (secondary N) is 1. The van der Waals surface area contributed by atoms with Crippen LogP contribution in [0.25, 0.3) is 0 Å². The highest BCUT2D eigenvalue weighted by atomic mass is 16.6. The fourth-order valence-electron chi connectivity index (χ4n) is 5.68. The number of ether oxygens (including phenoxy) is 1. The number of piperazine rings is 1. The van der Waals surface area contributed by atoms with Crippen LogP contribution in [-0.2, 0) is 14.9 Å². The Balaban J connectivity index is 1.13. The minimum atomic E-state index is -0.437. The molecule has 3 heterocycles. The van der Waals surface area contributed by atoms with Gasteiger partial charge in [0, 0.05) is 56.7 Å². The van der Waals surface area contributed by atoms with E-state index >= 15 is 0 Å². The standard InChI is InChI=1S/C26H38N4O3/c1-18-16-30(20-5-6-22-21(15-20)26(9-10-26)23(31)27-22)14-13-29(18)17-19-7-11-28(12-8-19)24(32)33-25(2,3)4/h5-6,15,18-19H,7-14,16-17H2,1-4H3,(H,27,31)/t18-/m1/s1. The van der Waals surface area contributed by atoms with Crippen molar-refractivity contribution in [2.24, 2.45) is 5.92 Å². The first-order chi connectivity index (χ1) is 15.6. The zero-order valence-corrected chi connectivity index (χ0v) is 20.5. The first-order valence-corrected chi connectivity index (χ1v) is 12.6. The monoisotopic (exact) mass is 454 g/mol. The molecule has 1 N–H and O–H groups in total. The van der Waals surface area contributed by atoms with Crippen molar-refractivity contribution >= 4 is 23.4 Å². The summed E-state index contributed by atoms with van der Waals surface area (Å²) in [5.74, 6) is 0.815. The Kier molecular flexibility index (Phi) is 5.58. The smallest absolute Gasteiger partial charge is 0.410 e. The maximum absolute atomic E-state index is 12.3.